The van der Waals surface area contributed by atoms with E-state index >= 15 is 0 Å². The van der Waals surface area contributed by atoms with Gasteiger partial charge in [0, 0.05) is 0 Å². The number of halogens is 1. The molecule has 0 aliphatic carbocycles. The molecule has 0 amide bonds. The Morgan fingerprint density at radius 2 is 1.62 bits per heavy atom. The molecule has 3 rings (SSSR count). The van der Waals surface area contributed by atoms with Crippen LogP contribution in [0.25, 0.3) is 16.0 Å². The van der Waals surface area contributed by atoms with E-state index < -0.39 is 0 Å². The lowest BCUT2D eigenvalue weighted by Crippen LogP contribution is -2.18. The molecule has 0 saturated heterocycles. The Labute approximate surface area is 133 Å². The third-order valence-electron chi connectivity index (χ3n) is 2.77. The maximum atomic E-state index is 12.5. The second-order valence-electron chi connectivity index (χ2n) is 4.15. The first-order valence-corrected chi connectivity index (χ1v) is 7.79. The zero-order chi connectivity index (χ0) is 14.7. The van der Waals surface area contributed by atoms with Crippen molar-refractivity contribution in [1.29, 1.82) is 0 Å². The standard InChI is InChI=1S/C15H10BrN3OS/c16-15-18-12-13(21-15)17-10-19(14(12)20)11-8-6-4-2-1-3-5-7-9-11/h1-10H. The predicted octanol–water partition coefficient (Wildman–Crippen LogP) is 3.73. The second-order valence-corrected chi connectivity index (χ2v) is 6.40. The Kier molecular flexibility index (Phi) is 4.08. The summed E-state index contributed by atoms with van der Waals surface area (Å²) < 4.78 is 2.15. The normalized spacial score (nSPS) is 10.3. The molecule has 0 fully saturated rings. The molecular formula is C15H10BrN3OS. The number of hydrogen-bond acceptors (Lipinski definition) is 4. The van der Waals surface area contributed by atoms with Crippen LogP contribution in [-0.2, 0) is 0 Å². The summed E-state index contributed by atoms with van der Waals surface area (Å²) in [5.74, 6) is 0. The van der Waals surface area contributed by atoms with Crippen LogP contribution in [0, 0.1) is 0 Å². The lowest BCUT2D eigenvalue weighted by Gasteiger charge is -2.02. The quantitative estimate of drug-likeness (QED) is 0.664. The Morgan fingerprint density at radius 1 is 1.00 bits per heavy atom. The van der Waals surface area contributed by atoms with Crippen molar-refractivity contribution in [1.82, 2.24) is 14.5 Å². The first-order valence-electron chi connectivity index (χ1n) is 6.18. The summed E-state index contributed by atoms with van der Waals surface area (Å²) in [6.45, 7) is 0. The van der Waals surface area contributed by atoms with E-state index in [1.54, 1.807) is 0 Å². The van der Waals surface area contributed by atoms with Crippen molar-refractivity contribution in [2.45, 2.75) is 0 Å². The van der Waals surface area contributed by atoms with Crippen LogP contribution in [0.2, 0.25) is 0 Å². The molecule has 0 bridgehead atoms. The van der Waals surface area contributed by atoms with Gasteiger partial charge < -0.3 is 0 Å². The van der Waals surface area contributed by atoms with E-state index in [0.717, 1.165) is 5.69 Å². The summed E-state index contributed by atoms with van der Waals surface area (Å²) in [4.78, 5) is 21.6. The van der Waals surface area contributed by atoms with Gasteiger partial charge >= 0.3 is 0 Å². The number of aromatic nitrogens is 3. The molecule has 0 aliphatic heterocycles. The highest BCUT2D eigenvalue weighted by atomic mass is 79.9. The predicted molar refractivity (Wildman–Crippen MR) is 88.3 cm³/mol. The summed E-state index contributed by atoms with van der Waals surface area (Å²) in [5.41, 5.74) is 0.928. The van der Waals surface area contributed by atoms with Crippen LogP contribution >= 0.6 is 27.3 Å². The highest BCUT2D eigenvalue weighted by Crippen LogP contribution is 2.21. The smallest absolute Gasteiger partial charge is 0.266 e. The molecule has 4 nitrogen and oxygen atoms in total. The van der Waals surface area contributed by atoms with E-state index in [-0.39, 0.29) is 5.56 Å². The summed E-state index contributed by atoms with van der Waals surface area (Å²) in [6.07, 6.45) is 1.53. The van der Waals surface area contributed by atoms with Gasteiger partial charge in [0.25, 0.3) is 5.56 Å². The van der Waals surface area contributed by atoms with Crippen molar-refractivity contribution in [3.63, 3.8) is 0 Å². The van der Waals surface area contributed by atoms with Crippen LogP contribution in [0.1, 0.15) is 0 Å². The molecule has 1 aromatic carbocycles. The molecular weight excluding hydrogens is 350 g/mol. The fourth-order valence-corrected chi connectivity index (χ4v) is 3.08. The Bertz CT molecular complexity index is 878. The third-order valence-corrected chi connectivity index (χ3v) is 4.19. The SMILES string of the molecule is O=c1c2nc(Br)sc2ncn1-c1ccccccccc1. The number of nitrogens with zero attached hydrogens (tertiary/aromatic N) is 3. The van der Waals surface area contributed by atoms with Crippen LogP contribution in [-0.4, -0.2) is 14.5 Å². The maximum absolute atomic E-state index is 12.5. The minimum absolute atomic E-state index is 0.178. The lowest BCUT2D eigenvalue weighted by atomic mass is 10.3. The number of hydrogen-bond donors (Lipinski definition) is 0. The van der Waals surface area contributed by atoms with Crippen LogP contribution in [0.3, 0.4) is 0 Å². The molecule has 2 aromatic heterocycles. The number of thiazole rings is 1. The molecule has 0 N–H and O–H groups in total. The van der Waals surface area contributed by atoms with Gasteiger partial charge in [-0.25, -0.2) is 9.97 Å². The van der Waals surface area contributed by atoms with Crippen molar-refractivity contribution in [2.75, 3.05) is 0 Å². The number of rotatable bonds is 1. The molecule has 0 atom stereocenters. The largest absolute Gasteiger partial charge is 0.285 e. The van der Waals surface area contributed by atoms with E-state index in [1.165, 1.54) is 22.2 Å². The minimum atomic E-state index is -0.178. The Balaban J connectivity index is 2.25. The highest BCUT2D eigenvalue weighted by Gasteiger charge is 2.09. The molecule has 21 heavy (non-hydrogen) atoms. The van der Waals surface area contributed by atoms with Gasteiger partial charge in [0.1, 0.15) is 6.33 Å². The average Bonchev–Trinajstić information content (AvgIpc) is 2.87. The molecule has 0 saturated carbocycles. The van der Waals surface area contributed by atoms with E-state index in [4.69, 9.17) is 0 Å². The van der Waals surface area contributed by atoms with Gasteiger partial charge in [-0.3, -0.25) is 9.36 Å². The topological polar surface area (TPSA) is 47.8 Å². The van der Waals surface area contributed by atoms with Crippen molar-refractivity contribution in [3.8, 4) is 5.69 Å². The third kappa shape index (κ3) is 3.01. The summed E-state index contributed by atoms with van der Waals surface area (Å²) >= 11 is 4.63. The molecule has 2 heterocycles. The molecule has 6 heteroatoms. The zero-order valence-corrected chi connectivity index (χ0v) is 13.2. The monoisotopic (exact) mass is 359 g/mol. The van der Waals surface area contributed by atoms with Gasteiger partial charge in [0.2, 0.25) is 0 Å². The van der Waals surface area contributed by atoms with E-state index in [1.807, 2.05) is 54.6 Å². The van der Waals surface area contributed by atoms with Crippen LogP contribution in [0.15, 0.2) is 69.6 Å². The van der Waals surface area contributed by atoms with Gasteiger partial charge in [-0.2, -0.15) is 0 Å². The molecule has 0 unspecified atom stereocenters. The van der Waals surface area contributed by atoms with Crippen LogP contribution in [0.4, 0.5) is 0 Å². The van der Waals surface area contributed by atoms with Crippen molar-refractivity contribution < 1.29 is 0 Å². The van der Waals surface area contributed by atoms with Gasteiger partial charge in [-0.05, 0) is 28.1 Å². The van der Waals surface area contributed by atoms with E-state index in [9.17, 15) is 4.79 Å². The molecule has 0 spiro atoms. The number of fused-ring (bicyclic) bond motifs is 1. The summed E-state index contributed by atoms with van der Waals surface area (Å²) in [7, 11) is 0. The zero-order valence-electron chi connectivity index (χ0n) is 10.8. The van der Waals surface area contributed by atoms with Crippen molar-refractivity contribution in [2.24, 2.45) is 0 Å². The Morgan fingerprint density at radius 3 is 2.29 bits per heavy atom. The summed E-state index contributed by atoms with van der Waals surface area (Å²) in [6, 6.07) is 17.1. The lowest BCUT2D eigenvalue weighted by molar-refractivity contribution is 0.961. The Hall–Kier alpha value is -2.05. The van der Waals surface area contributed by atoms with Gasteiger partial charge in [-0.15, -0.1) is 0 Å². The second kappa shape index (κ2) is 6.15. The summed E-state index contributed by atoms with van der Waals surface area (Å²) in [5, 5.41) is 0. The van der Waals surface area contributed by atoms with Crippen molar-refractivity contribution in [3.05, 3.63) is 75.2 Å². The van der Waals surface area contributed by atoms with Gasteiger partial charge in [-0.1, -0.05) is 53.8 Å². The molecule has 0 aliphatic rings. The van der Waals surface area contributed by atoms with Gasteiger partial charge in [0.05, 0.1) is 5.69 Å². The van der Waals surface area contributed by atoms with E-state index in [0.29, 0.717) is 14.3 Å². The van der Waals surface area contributed by atoms with Crippen LogP contribution in [0.5, 0.6) is 0 Å². The minimum Gasteiger partial charge on any atom is -0.266 e. The molecule has 0 radical (unpaired) electrons. The van der Waals surface area contributed by atoms with Crippen LogP contribution < -0.4 is 5.56 Å². The maximum Gasteiger partial charge on any atom is 0.285 e. The highest BCUT2D eigenvalue weighted by molar-refractivity contribution is 9.11. The van der Waals surface area contributed by atoms with Gasteiger partial charge in [0.15, 0.2) is 14.3 Å². The molecule has 104 valence electrons. The first-order chi connectivity index (χ1) is 10.3. The first kappa shape index (κ1) is 13.9. The average molecular weight is 360 g/mol. The molecule has 3 aromatic rings. The van der Waals surface area contributed by atoms with Crippen molar-refractivity contribution >= 4 is 37.6 Å². The van der Waals surface area contributed by atoms with E-state index in [2.05, 4.69) is 25.9 Å². The fraction of sp³-hybridized carbons (Fsp3) is 0. The fourth-order valence-electron chi connectivity index (χ4n) is 1.82.